The third kappa shape index (κ3) is 4.92. The van der Waals surface area contributed by atoms with Gasteiger partial charge in [0.1, 0.15) is 11.9 Å². The highest BCUT2D eigenvalue weighted by atomic mass is 19.1. The van der Waals surface area contributed by atoms with Gasteiger partial charge >= 0.3 is 0 Å². The van der Waals surface area contributed by atoms with Crippen LogP contribution in [0.4, 0.5) is 4.39 Å². The lowest BCUT2D eigenvalue weighted by molar-refractivity contribution is 0.297. The van der Waals surface area contributed by atoms with Crippen molar-refractivity contribution in [3.63, 3.8) is 0 Å². The Morgan fingerprint density at radius 3 is 2.60 bits per heavy atom. The maximum atomic E-state index is 13.2. The molecule has 4 heteroatoms. The van der Waals surface area contributed by atoms with E-state index < -0.39 is 0 Å². The van der Waals surface area contributed by atoms with E-state index in [1.165, 1.54) is 6.07 Å². The Bertz CT molecular complexity index is 450. The molecule has 0 saturated heterocycles. The van der Waals surface area contributed by atoms with E-state index >= 15 is 0 Å². The lowest BCUT2D eigenvalue weighted by Crippen LogP contribution is -2.28. The van der Waals surface area contributed by atoms with Crippen molar-refractivity contribution in [3.05, 3.63) is 35.1 Å². The Hall–Kier alpha value is -1.44. The minimum atomic E-state index is -0.369. The number of halogens is 1. The first-order chi connectivity index (χ1) is 9.62. The second-order valence-corrected chi connectivity index (χ2v) is 4.91. The molecular weight excluding hydrogens is 253 g/mol. The third-order valence-corrected chi connectivity index (χ3v) is 3.54. The summed E-state index contributed by atoms with van der Waals surface area (Å²) < 4.78 is 13.2. The predicted molar refractivity (Wildman–Crippen MR) is 79.9 cm³/mol. The van der Waals surface area contributed by atoms with E-state index in [9.17, 15) is 9.65 Å². The van der Waals surface area contributed by atoms with Crippen LogP contribution in [-0.2, 0) is 0 Å². The minimum absolute atomic E-state index is 0.230. The van der Waals surface area contributed by atoms with Crippen LogP contribution in [-0.4, -0.2) is 31.1 Å². The normalized spacial score (nSPS) is 12.4. The van der Waals surface area contributed by atoms with E-state index in [1.54, 1.807) is 19.1 Å². The molecule has 1 N–H and O–H groups in total. The van der Waals surface area contributed by atoms with Crippen molar-refractivity contribution in [2.24, 2.45) is 0 Å². The van der Waals surface area contributed by atoms with Crippen LogP contribution in [0.25, 0.3) is 0 Å². The topological polar surface area (TPSA) is 39.1 Å². The fraction of sp³-hybridized carbons (Fsp3) is 0.562. The number of hydrogen-bond donors (Lipinski definition) is 1. The summed E-state index contributed by atoms with van der Waals surface area (Å²) in [7, 11) is 0. The Morgan fingerprint density at radius 2 is 2.05 bits per heavy atom. The van der Waals surface area contributed by atoms with Crippen LogP contribution in [0.15, 0.2) is 18.2 Å². The number of nitrogens with zero attached hydrogens (tertiary/aromatic N) is 2. The summed E-state index contributed by atoms with van der Waals surface area (Å²) in [6.45, 7) is 9.93. The van der Waals surface area contributed by atoms with Gasteiger partial charge in [0.2, 0.25) is 0 Å². The Balaban J connectivity index is 2.48. The molecule has 1 rings (SSSR count). The van der Waals surface area contributed by atoms with Crippen LogP contribution in [0.5, 0.6) is 0 Å². The van der Waals surface area contributed by atoms with Crippen molar-refractivity contribution in [2.75, 3.05) is 26.2 Å². The zero-order chi connectivity index (χ0) is 15.0. The maximum Gasteiger partial charge on any atom is 0.126 e. The SMILES string of the molecule is CCN(CC)CCCNC(C#N)c1ccc(F)c(C)c1. The molecule has 0 aromatic heterocycles. The van der Waals surface area contributed by atoms with Gasteiger partial charge in [0.15, 0.2) is 0 Å². The molecule has 0 bridgehead atoms. The van der Waals surface area contributed by atoms with E-state index in [-0.39, 0.29) is 11.9 Å². The first kappa shape index (κ1) is 16.6. The van der Waals surface area contributed by atoms with E-state index in [1.807, 2.05) is 0 Å². The summed E-state index contributed by atoms with van der Waals surface area (Å²) in [5.74, 6) is -0.230. The zero-order valence-corrected chi connectivity index (χ0v) is 12.6. The lowest BCUT2D eigenvalue weighted by Gasteiger charge is -2.18. The molecule has 0 spiro atoms. The molecule has 1 unspecified atom stereocenters. The van der Waals surface area contributed by atoms with E-state index in [2.05, 4.69) is 30.1 Å². The highest BCUT2D eigenvalue weighted by molar-refractivity contribution is 5.29. The van der Waals surface area contributed by atoms with Crippen LogP contribution in [0.1, 0.15) is 37.4 Å². The van der Waals surface area contributed by atoms with Gasteiger partial charge in [-0.2, -0.15) is 5.26 Å². The van der Waals surface area contributed by atoms with Crippen molar-refractivity contribution in [2.45, 2.75) is 33.2 Å². The van der Waals surface area contributed by atoms with Crippen LogP contribution in [0.2, 0.25) is 0 Å². The van der Waals surface area contributed by atoms with Crippen molar-refractivity contribution >= 4 is 0 Å². The zero-order valence-electron chi connectivity index (χ0n) is 12.6. The molecule has 0 aliphatic rings. The monoisotopic (exact) mass is 277 g/mol. The molecule has 20 heavy (non-hydrogen) atoms. The molecular formula is C16H24FN3. The number of benzene rings is 1. The van der Waals surface area contributed by atoms with E-state index in [4.69, 9.17) is 0 Å². The Morgan fingerprint density at radius 1 is 1.35 bits per heavy atom. The number of nitrogens with one attached hydrogen (secondary N) is 1. The first-order valence-corrected chi connectivity index (χ1v) is 7.23. The van der Waals surface area contributed by atoms with Gasteiger partial charge in [-0.05, 0) is 56.7 Å². The lowest BCUT2D eigenvalue weighted by atomic mass is 10.0. The Labute approximate surface area is 121 Å². The fourth-order valence-electron chi connectivity index (χ4n) is 2.17. The van der Waals surface area contributed by atoms with Crippen molar-refractivity contribution < 1.29 is 4.39 Å². The average Bonchev–Trinajstić information content (AvgIpc) is 2.46. The molecule has 0 radical (unpaired) electrons. The van der Waals surface area contributed by atoms with Gasteiger partial charge in [0.05, 0.1) is 6.07 Å². The summed E-state index contributed by atoms with van der Waals surface area (Å²) in [6, 6.07) is 6.70. The second-order valence-electron chi connectivity index (χ2n) is 4.91. The summed E-state index contributed by atoms with van der Waals surface area (Å²) in [5, 5.41) is 12.4. The highest BCUT2D eigenvalue weighted by Gasteiger charge is 2.11. The number of nitriles is 1. The maximum absolute atomic E-state index is 13.2. The smallest absolute Gasteiger partial charge is 0.126 e. The molecule has 0 amide bonds. The first-order valence-electron chi connectivity index (χ1n) is 7.23. The van der Waals surface area contributed by atoms with Gasteiger partial charge in [-0.1, -0.05) is 26.0 Å². The number of hydrogen-bond acceptors (Lipinski definition) is 3. The van der Waals surface area contributed by atoms with E-state index in [0.717, 1.165) is 38.2 Å². The molecule has 1 atom stereocenters. The van der Waals surface area contributed by atoms with Gasteiger partial charge in [-0.15, -0.1) is 0 Å². The van der Waals surface area contributed by atoms with E-state index in [0.29, 0.717) is 5.56 Å². The van der Waals surface area contributed by atoms with Crippen LogP contribution in [0.3, 0.4) is 0 Å². The molecule has 0 fully saturated rings. The summed E-state index contributed by atoms with van der Waals surface area (Å²) in [4.78, 5) is 2.35. The van der Waals surface area contributed by atoms with Gasteiger partial charge in [0.25, 0.3) is 0 Å². The molecule has 1 aromatic carbocycles. The van der Waals surface area contributed by atoms with Gasteiger partial charge < -0.3 is 4.90 Å². The van der Waals surface area contributed by atoms with Gasteiger partial charge in [-0.3, -0.25) is 5.32 Å². The van der Waals surface area contributed by atoms with Crippen molar-refractivity contribution in [1.29, 1.82) is 5.26 Å². The van der Waals surface area contributed by atoms with Gasteiger partial charge in [0, 0.05) is 0 Å². The molecule has 110 valence electrons. The average molecular weight is 277 g/mol. The predicted octanol–water partition coefficient (Wildman–Crippen LogP) is 3.02. The second kappa shape index (κ2) is 8.68. The fourth-order valence-corrected chi connectivity index (χ4v) is 2.17. The van der Waals surface area contributed by atoms with Crippen molar-refractivity contribution in [1.82, 2.24) is 10.2 Å². The summed E-state index contributed by atoms with van der Waals surface area (Å²) in [5.41, 5.74) is 1.40. The quantitative estimate of drug-likeness (QED) is 0.742. The van der Waals surface area contributed by atoms with Crippen molar-refractivity contribution in [3.8, 4) is 6.07 Å². The third-order valence-electron chi connectivity index (χ3n) is 3.54. The largest absolute Gasteiger partial charge is 0.304 e. The molecule has 1 aromatic rings. The molecule has 3 nitrogen and oxygen atoms in total. The number of aryl methyl sites for hydroxylation is 1. The van der Waals surface area contributed by atoms with Crippen LogP contribution in [0, 0.1) is 24.1 Å². The Kier molecular flexibility index (Phi) is 7.21. The summed E-state index contributed by atoms with van der Waals surface area (Å²) >= 11 is 0. The standard InChI is InChI=1S/C16H24FN3/c1-4-20(5-2)10-6-9-19-16(12-18)14-7-8-15(17)13(3)11-14/h7-8,11,16,19H,4-6,9-10H2,1-3H3. The summed E-state index contributed by atoms with van der Waals surface area (Å²) in [6.07, 6.45) is 1.00. The minimum Gasteiger partial charge on any atom is -0.304 e. The van der Waals surface area contributed by atoms with Gasteiger partial charge in [-0.25, -0.2) is 4.39 Å². The molecule has 0 saturated carbocycles. The molecule has 0 heterocycles. The molecule has 0 aliphatic heterocycles. The number of rotatable bonds is 8. The van der Waals surface area contributed by atoms with Crippen LogP contribution < -0.4 is 5.32 Å². The van der Waals surface area contributed by atoms with Crippen LogP contribution >= 0.6 is 0 Å². The highest BCUT2D eigenvalue weighted by Crippen LogP contribution is 2.16. The molecule has 0 aliphatic carbocycles.